The van der Waals surface area contributed by atoms with Crippen LogP contribution in [-0.4, -0.2) is 18.8 Å². The molecular formula is C28H46O2. The Balaban J connectivity index is 1.33. The molecule has 0 N–H and O–H groups in total. The summed E-state index contributed by atoms with van der Waals surface area (Å²) in [6.45, 7) is 5.78. The van der Waals surface area contributed by atoms with Crippen LogP contribution < -0.4 is 4.74 Å². The van der Waals surface area contributed by atoms with Crippen LogP contribution in [0.25, 0.3) is 0 Å². The number of hydrogen-bond acceptors (Lipinski definition) is 2. The van der Waals surface area contributed by atoms with Gasteiger partial charge in [-0.1, -0.05) is 95.4 Å². The van der Waals surface area contributed by atoms with E-state index in [0.717, 1.165) is 12.4 Å². The average molecular weight is 415 g/mol. The topological polar surface area (TPSA) is 21.8 Å². The Hall–Kier alpha value is -1.28. The molecule has 1 saturated heterocycles. The van der Waals surface area contributed by atoms with Crippen molar-refractivity contribution in [1.29, 1.82) is 0 Å². The fraction of sp³-hybridized carbons (Fsp3) is 0.714. The molecular weight excluding hydrogens is 368 g/mol. The lowest BCUT2D eigenvalue weighted by atomic mass is 10.0. The number of epoxide rings is 1. The molecule has 2 heteroatoms. The van der Waals surface area contributed by atoms with Crippen molar-refractivity contribution in [2.24, 2.45) is 0 Å². The molecule has 0 aliphatic carbocycles. The Morgan fingerprint density at radius 3 is 1.87 bits per heavy atom. The van der Waals surface area contributed by atoms with E-state index in [2.05, 4.69) is 50.3 Å². The number of allylic oxidation sites excluding steroid dienone is 2. The first-order valence-electron chi connectivity index (χ1n) is 12.7. The highest BCUT2D eigenvalue weighted by atomic mass is 16.6. The lowest BCUT2D eigenvalue weighted by Crippen LogP contribution is -2.16. The van der Waals surface area contributed by atoms with Crippen molar-refractivity contribution in [2.75, 3.05) is 13.2 Å². The van der Waals surface area contributed by atoms with Crippen molar-refractivity contribution < 1.29 is 9.47 Å². The lowest BCUT2D eigenvalue weighted by molar-refractivity contribution is 0.202. The minimum Gasteiger partial charge on any atom is -0.491 e. The molecule has 0 saturated carbocycles. The number of rotatable bonds is 19. The molecule has 1 heterocycles. The van der Waals surface area contributed by atoms with Gasteiger partial charge in [0.1, 0.15) is 18.0 Å². The largest absolute Gasteiger partial charge is 0.491 e. The summed E-state index contributed by atoms with van der Waals surface area (Å²) in [4.78, 5) is 0. The van der Waals surface area contributed by atoms with Crippen LogP contribution in [0.15, 0.2) is 36.4 Å². The van der Waals surface area contributed by atoms with Crippen LogP contribution in [0.2, 0.25) is 0 Å². The second-order valence-electron chi connectivity index (χ2n) is 9.33. The first-order valence-corrected chi connectivity index (χ1v) is 12.7. The first kappa shape index (κ1) is 25.0. The van der Waals surface area contributed by atoms with Gasteiger partial charge in [0, 0.05) is 0 Å². The van der Waals surface area contributed by atoms with Crippen molar-refractivity contribution in [3.8, 4) is 5.75 Å². The summed E-state index contributed by atoms with van der Waals surface area (Å²) in [5.41, 5.74) is 1.39. The summed E-state index contributed by atoms with van der Waals surface area (Å²) >= 11 is 0. The molecule has 1 fully saturated rings. The molecule has 2 nitrogen and oxygen atoms in total. The van der Waals surface area contributed by atoms with Gasteiger partial charge in [-0.2, -0.15) is 0 Å². The van der Waals surface area contributed by atoms with Crippen LogP contribution in [0.5, 0.6) is 5.75 Å². The molecule has 0 bridgehead atoms. The summed E-state index contributed by atoms with van der Waals surface area (Å²) in [5.74, 6) is 0.958. The summed E-state index contributed by atoms with van der Waals surface area (Å²) in [5, 5.41) is 0. The predicted molar refractivity (Wildman–Crippen MR) is 129 cm³/mol. The second kappa shape index (κ2) is 15.5. The van der Waals surface area contributed by atoms with Gasteiger partial charge in [0.05, 0.1) is 6.61 Å². The minimum atomic E-state index is -0.0375. The van der Waals surface area contributed by atoms with Crippen LogP contribution in [0.4, 0.5) is 0 Å². The van der Waals surface area contributed by atoms with E-state index in [4.69, 9.17) is 9.47 Å². The number of aryl methyl sites for hydroxylation is 1. The molecule has 1 atom stereocenters. The second-order valence-corrected chi connectivity index (χ2v) is 9.33. The molecule has 30 heavy (non-hydrogen) atoms. The van der Waals surface area contributed by atoms with Gasteiger partial charge in [0.15, 0.2) is 0 Å². The zero-order valence-corrected chi connectivity index (χ0v) is 19.8. The smallest absolute Gasteiger partial charge is 0.123 e. The minimum absolute atomic E-state index is 0.0375. The fourth-order valence-corrected chi connectivity index (χ4v) is 3.84. The van der Waals surface area contributed by atoms with Crippen molar-refractivity contribution in [2.45, 2.75) is 116 Å². The molecule has 170 valence electrons. The van der Waals surface area contributed by atoms with E-state index in [1.165, 1.54) is 102 Å². The van der Waals surface area contributed by atoms with E-state index in [1.54, 1.807) is 0 Å². The van der Waals surface area contributed by atoms with Gasteiger partial charge in [0.2, 0.25) is 0 Å². The maximum absolute atomic E-state index is 5.80. The molecule has 1 aromatic rings. The van der Waals surface area contributed by atoms with Gasteiger partial charge in [-0.25, -0.2) is 0 Å². The number of unbranched alkanes of at least 4 members (excludes halogenated alkanes) is 12. The van der Waals surface area contributed by atoms with E-state index in [0.29, 0.717) is 6.61 Å². The number of benzene rings is 1. The van der Waals surface area contributed by atoms with E-state index in [-0.39, 0.29) is 5.60 Å². The first-order chi connectivity index (χ1) is 14.7. The van der Waals surface area contributed by atoms with Gasteiger partial charge in [0.25, 0.3) is 0 Å². The quantitative estimate of drug-likeness (QED) is 0.129. The van der Waals surface area contributed by atoms with Crippen LogP contribution in [-0.2, 0) is 11.2 Å². The van der Waals surface area contributed by atoms with Crippen LogP contribution >= 0.6 is 0 Å². The van der Waals surface area contributed by atoms with Crippen molar-refractivity contribution in [3.05, 3.63) is 42.0 Å². The molecule has 2 rings (SSSR count). The summed E-state index contributed by atoms with van der Waals surface area (Å²) in [6.07, 6.45) is 25.2. The maximum Gasteiger partial charge on any atom is 0.123 e. The average Bonchev–Trinajstić information content (AvgIpc) is 3.50. The van der Waals surface area contributed by atoms with Crippen LogP contribution in [0.1, 0.15) is 109 Å². The van der Waals surface area contributed by atoms with Crippen molar-refractivity contribution in [3.63, 3.8) is 0 Å². The predicted octanol–water partition coefficient (Wildman–Crippen LogP) is 8.43. The molecule has 1 unspecified atom stereocenters. The molecule has 0 radical (unpaired) electrons. The van der Waals surface area contributed by atoms with Gasteiger partial charge < -0.3 is 9.47 Å². The van der Waals surface area contributed by atoms with E-state index < -0.39 is 0 Å². The standard InChI is InChI=1S/C28H46O2/c1-3-4-5-6-7-8-9-10-11-12-13-14-15-16-17-18-19-26-20-22-27(23-21-26)29-24-28(2)25-30-28/h4-5,20-23H,3,6-19,24-25H2,1-2H3/b5-4+. The lowest BCUT2D eigenvalue weighted by Gasteiger charge is -2.09. The van der Waals surface area contributed by atoms with Gasteiger partial charge in [-0.05, 0) is 56.7 Å². The number of hydrogen-bond donors (Lipinski definition) is 0. The Morgan fingerprint density at radius 1 is 0.800 bits per heavy atom. The van der Waals surface area contributed by atoms with Gasteiger partial charge in [-0.15, -0.1) is 0 Å². The zero-order valence-electron chi connectivity index (χ0n) is 19.8. The third kappa shape index (κ3) is 12.4. The molecule has 1 aromatic carbocycles. The van der Waals surface area contributed by atoms with Crippen LogP contribution in [0.3, 0.4) is 0 Å². The number of ether oxygens (including phenoxy) is 2. The summed E-state index contributed by atoms with van der Waals surface area (Å²) < 4.78 is 11.2. The summed E-state index contributed by atoms with van der Waals surface area (Å²) in [7, 11) is 0. The molecule has 1 aliphatic heterocycles. The van der Waals surface area contributed by atoms with Crippen molar-refractivity contribution >= 4 is 0 Å². The SMILES string of the molecule is CC/C=C/CCCCCCCCCCCCCCc1ccc(OCC2(C)CO2)cc1. The highest BCUT2D eigenvalue weighted by Gasteiger charge is 2.40. The third-order valence-electron chi connectivity index (χ3n) is 6.09. The molecule has 0 amide bonds. The van der Waals surface area contributed by atoms with Crippen LogP contribution in [0, 0.1) is 0 Å². The highest BCUT2D eigenvalue weighted by molar-refractivity contribution is 5.27. The van der Waals surface area contributed by atoms with Crippen molar-refractivity contribution in [1.82, 2.24) is 0 Å². The molecule has 0 spiro atoms. The van der Waals surface area contributed by atoms with E-state index >= 15 is 0 Å². The fourth-order valence-electron chi connectivity index (χ4n) is 3.84. The Bertz CT molecular complexity index is 557. The maximum atomic E-state index is 5.80. The Morgan fingerprint density at radius 2 is 1.33 bits per heavy atom. The Kier molecular flexibility index (Phi) is 12.9. The highest BCUT2D eigenvalue weighted by Crippen LogP contribution is 2.27. The Labute approximate surface area is 186 Å². The van der Waals surface area contributed by atoms with Gasteiger partial charge in [-0.3, -0.25) is 0 Å². The van der Waals surface area contributed by atoms with E-state index in [1.807, 2.05) is 0 Å². The molecule has 0 aromatic heterocycles. The zero-order chi connectivity index (χ0) is 21.3. The monoisotopic (exact) mass is 414 g/mol. The molecule has 1 aliphatic rings. The third-order valence-corrected chi connectivity index (χ3v) is 6.09. The normalized spacial score (nSPS) is 18.2. The summed E-state index contributed by atoms with van der Waals surface area (Å²) in [6, 6.07) is 8.63. The van der Waals surface area contributed by atoms with E-state index in [9.17, 15) is 0 Å². The van der Waals surface area contributed by atoms with Gasteiger partial charge >= 0.3 is 0 Å².